The normalized spacial score (nSPS) is 20.1. The number of likely N-dealkylation sites (tertiary alicyclic amines) is 1. The first-order valence-corrected chi connectivity index (χ1v) is 10.5. The Morgan fingerprint density at radius 2 is 2.07 bits per heavy atom. The van der Waals surface area contributed by atoms with E-state index in [0.717, 1.165) is 68.3 Å². The molecule has 0 aliphatic carbocycles. The number of fused-ring (bicyclic) bond motifs is 1. The van der Waals surface area contributed by atoms with Crippen LogP contribution in [0.25, 0.3) is 0 Å². The molecule has 2 aromatic rings. The Labute approximate surface area is 171 Å². The molecule has 0 N–H and O–H groups in total. The Hall–Kier alpha value is -1.98. The van der Waals surface area contributed by atoms with Crippen LogP contribution in [0, 0.1) is 0 Å². The number of amides is 1. The quantitative estimate of drug-likeness (QED) is 0.791. The summed E-state index contributed by atoms with van der Waals surface area (Å²) in [7, 11) is 2.13. The van der Waals surface area contributed by atoms with Crippen LogP contribution in [-0.2, 0) is 24.2 Å². The van der Waals surface area contributed by atoms with Gasteiger partial charge in [-0.1, -0.05) is 23.7 Å². The third kappa shape index (κ3) is 4.53. The second-order valence-electron chi connectivity index (χ2n) is 7.99. The van der Waals surface area contributed by atoms with Gasteiger partial charge in [0.1, 0.15) is 5.82 Å². The zero-order valence-electron chi connectivity index (χ0n) is 16.4. The zero-order valence-corrected chi connectivity index (χ0v) is 17.2. The van der Waals surface area contributed by atoms with Crippen molar-refractivity contribution in [3.63, 3.8) is 0 Å². The van der Waals surface area contributed by atoms with Crippen LogP contribution in [0.5, 0.6) is 0 Å². The third-order valence-corrected chi connectivity index (χ3v) is 6.08. The number of piperidine rings is 1. The summed E-state index contributed by atoms with van der Waals surface area (Å²) in [6.45, 7) is 3.54. The highest BCUT2D eigenvalue weighted by Gasteiger charge is 2.27. The lowest BCUT2D eigenvalue weighted by atomic mass is 9.96. The van der Waals surface area contributed by atoms with Crippen LogP contribution in [0.15, 0.2) is 30.5 Å². The van der Waals surface area contributed by atoms with Gasteiger partial charge in [-0.05, 0) is 44.0 Å². The lowest BCUT2D eigenvalue weighted by Gasteiger charge is -2.33. The lowest BCUT2D eigenvalue weighted by Crippen LogP contribution is -2.39. The van der Waals surface area contributed by atoms with Crippen molar-refractivity contribution in [3.8, 4) is 0 Å². The van der Waals surface area contributed by atoms with E-state index in [4.69, 9.17) is 16.6 Å². The van der Waals surface area contributed by atoms with Crippen LogP contribution in [0.3, 0.4) is 0 Å². The summed E-state index contributed by atoms with van der Waals surface area (Å²) in [5, 5.41) is 0.727. The van der Waals surface area contributed by atoms with Gasteiger partial charge in [-0.25, -0.2) is 9.97 Å². The number of benzene rings is 1. The van der Waals surface area contributed by atoms with E-state index in [0.29, 0.717) is 6.42 Å². The van der Waals surface area contributed by atoms with Gasteiger partial charge in [0, 0.05) is 67.4 Å². The number of hydrogen-bond donors (Lipinski definition) is 0. The van der Waals surface area contributed by atoms with Crippen molar-refractivity contribution in [2.45, 2.75) is 44.6 Å². The first-order chi connectivity index (χ1) is 13.6. The smallest absolute Gasteiger partial charge is 0.222 e. The van der Waals surface area contributed by atoms with E-state index >= 15 is 0 Å². The zero-order chi connectivity index (χ0) is 19.5. The molecule has 0 saturated carbocycles. The predicted octanol–water partition coefficient (Wildman–Crippen LogP) is 3.46. The van der Waals surface area contributed by atoms with Crippen molar-refractivity contribution >= 4 is 17.5 Å². The minimum Gasteiger partial charge on any atom is -0.342 e. The summed E-state index contributed by atoms with van der Waals surface area (Å²) >= 11 is 5.93. The summed E-state index contributed by atoms with van der Waals surface area (Å²) < 4.78 is 0. The average Bonchev–Trinajstić information content (AvgIpc) is 2.73. The van der Waals surface area contributed by atoms with E-state index in [2.05, 4.69) is 16.9 Å². The van der Waals surface area contributed by atoms with Crippen LogP contribution < -0.4 is 0 Å². The Morgan fingerprint density at radius 1 is 1.25 bits per heavy atom. The first-order valence-electron chi connectivity index (χ1n) is 10.1. The number of aromatic nitrogens is 2. The predicted molar refractivity (Wildman–Crippen MR) is 110 cm³/mol. The van der Waals surface area contributed by atoms with Gasteiger partial charge in [-0.2, -0.15) is 0 Å². The number of halogens is 1. The molecule has 28 heavy (non-hydrogen) atoms. The Kier molecular flexibility index (Phi) is 5.93. The maximum absolute atomic E-state index is 12.7. The minimum atomic E-state index is 0.222. The molecule has 1 aromatic heterocycles. The summed E-state index contributed by atoms with van der Waals surface area (Å²) in [6.07, 6.45) is 6.33. The molecule has 1 aromatic carbocycles. The van der Waals surface area contributed by atoms with Crippen molar-refractivity contribution in [1.82, 2.24) is 19.8 Å². The van der Waals surface area contributed by atoms with Gasteiger partial charge in [0.25, 0.3) is 0 Å². The average molecular weight is 399 g/mol. The minimum absolute atomic E-state index is 0.222. The van der Waals surface area contributed by atoms with Crippen molar-refractivity contribution in [2.24, 2.45) is 0 Å². The fraction of sp³-hybridized carbons (Fsp3) is 0.500. The molecule has 0 spiro atoms. The molecule has 0 bridgehead atoms. The van der Waals surface area contributed by atoms with E-state index in [1.54, 1.807) is 0 Å². The molecule has 1 unspecified atom stereocenters. The number of nitrogens with zero attached hydrogens (tertiary/aromatic N) is 4. The topological polar surface area (TPSA) is 49.3 Å². The van der Waals surface area contributed by atoms with Crippen molar-refractivity contribution < 1.29 is 4.79 Å². The second-order valence-corrected chi connectivity index (χ2v) is 8.43. The molecule has 0 radical (unpaired) electrons. The fourth-order valence-corrected chi connectivity index (χ4v) is 4.27. The first kappa shape index (κ1) is 19.3. The van der Waals surface area contributed by atoms with Gasteiger partial charge in [-0.3, -0.25) is 4.79 Å². The summed E-state index contributed by atoms with van der Waals surface area (Å²) in [5.41, 5.74) is 3.58. The largest absolute Gasteiger partial charge is 0.342 e. The molecule has 148 valence electrons. The Morgan fingerprint density at radius 3 is 2.89 bits per heavy atom. The second kappa shape index (κ2) is 8.58. The molecule has 4 rings (SSSR count). The highest BCUT2D eigenvalue weighted by molar-refractivity contribution is 6.30. The monoisotopic (exact) mass is 398 g/mol. The highest BCUT2D eigenvalue weighted by Crippen LogP contribution is 2.26. The van der Waals surface area contributed by atoms with Gasteiger partial charge in [0.2, 0.25) is 5.91 Å². The molecule has 2 aliphatic heterocycles. The van der Waals surface area contributed by atoms with Crippen LogP contribution >= 0.6 is 11.6 Å². The Bertz CT molecular complexity index is 839. The number of aryl methyl sites for hydroxylation is 1. The number of carbonyl (C=O) groups is 1. The number of rotatable bonds is 4. The van der Waals surface area contributed by atoms with Gasteiger partial charge in [-0.15, -0.1) is 0 Å². The fourth-order valence-electron chi connectivity index (χ4n) is 4.14. The van der Waals surface area contributed by atoms with E-state index in [-0.39, 0.29) is 11.8 Å². The van der Waals surface area contributed by atoms with Crippen LogP contribution in [0.4, 0.5) is 0 Å². The SMILES string of the molecule is CN1CCc2nc(C3CCCN(C(=O)CCc4ccc(Cl)cc4)C3)ncc2C1. The van der Waals surface area contributed by atoms with Crippen molar-refractivity contribution in [2.75, 3.05) is 26.7 Å². The molecule has 6 heteroatoms. The van der Waals surface area contributed by atoms with Crippen LogP contribution in [0.1, 0.15) is 47.8 Å². The summed E-state index contributed by atoms with van der Waals surface area (Å²) in [6, 6.07) is 7.74. The molecule has 1 saturated heterocycles. The van der Waals surface area contributed by atoms with E-state index < -0.39 is 0 Å². The van der Waals surface area contributed by atoms with Crippen molar-refractivity contribution in [3.05, 3.63) is 58.1 Å². The number of carbonyl (C=O) groups excluding carboxylic acids is 1. The maximum atomic E-state index is 12.7. The van der Waals surface area contributed by atoms with Crippen molar-refractivity contribution in [1.29, 1.82) is 0 Å². The standard InChI is InChI=1S/C22H27ClN4O/c1-26-12-10-20-18(14-26)13-24-22(25-20)17-3-2-11-27(15-17)21(28)9-6-16-4-7-19(23)8-5-16/h4-5,7-8,13,17H,2-3,6,9-12,14-15H2,1H3. The molecule has 1 fully saturated rings. The number of hydrogen-bond acceptors (Lipinski definition) is 4. The molecular formula is C22H27ClN4O. The summed E-state index contributed by atoms with van der Waals surface area (Å²) in [4.78, 5) is 26.6. The van der Waals surface area contributed by atoms with Gasteiger partial charge in [0.05, 0.1) is 0 Å². The van der Waals surface area contributed by atoms with Crippen LogP contribution in [-0.4, -0.2) is 52.4 Å². The molecule has 3 heterocycles. The van der Waals surface area contributed by atoms with E-state index in [1.165, 1.54) is 11.3 Å². The van der Waals surface area contributed by atoms with E-state index in [1.807, 2.05) is 35.4 Å². The van der Waals surface area contributed by atoms with Gasteiger partial charge >= 0.3 is 0 Å². The highest BCUT2D eigenvalue weighted by atomic mass is 35.5. The van der Waals surface area contributed by atoms with Crippen LogP contribution in [0.2, 0.25) is 5.02 Å². The molecule has 5 nitrogen and oxygen atoms in total. The lowest BCUT2D eigenvalue weighted by molar-refractivity contribution is -0.132. The van der Waals surface area contributed by atoms with E-state index in [9.17, 15) is 4.79 Å². The number of likely N-dealkylation sites (N-methyl/N-ethyl adjacent to an activating group) is 1. The molecule has 2 aliphatic rings. The molecule has 1 atom stereocenters. The van der Waals surface area contributed by atoms with Gasteiger partial charge in [0.15, 0.2) is 0 Å². The summed E-state index contributed by atoms with van der Waals surface area (Å²) in [5.74, 6) is 1.39. The Balaban J connectivity index is 1.37. The molecule has 1 amide bonds. The molecular weight excluding hydrogens is 372 g/mol. The van der Waals surface area contributed by atoms with Gasteiger partial charge < -0.3 is 9.80 Å². The maximum Gasteiger partial charge on any atom is 0.222 e. The third-order valence-electron chi connectivity index (χ3n) is 5.82.